The van der Waals surface area contributed by atoms with Crippen molar-refractivity contribution in [2.75, 3.05) is 31.5 Å². The third-order valence-electron chi connectivity index (χ3n) is 4.14. The van der Waals surface area contributed by atoms with Gasteiger partial charge in [0.05, 0.1) is 0 Å². The van der Waals surface area contributed by atoms with Crippen molar-refractivity contribution in [3.05, 3.63) is 24.3 Å². The molecule has 0 aromatic heterocycles. The maximum atomic E-state index is 12.2. The second kappa shape index (κ2) is 6.81. The van der Waals surface area contributed by atoms with Crippen LogP contribution < -0.4 is 10.1 Å². The summed E-state index contributed by atoms with van der Waals surface area (Å²) in [5, 5.41) is 2.63. The maximum Gasteiger partial charge on any atom is 0.573 e. The number of halogens is 3. The highest BCUT2D eigenvalue weighted by Crippen LogP contribution is 2.31. The summed E-state index contributed by atoms with van der Waals surface area (Å²) in [6.45, 7) is 1.86. The topological polar surface area (TPSA) is 61.9 Å². The van der Waals surface area contributed by atoms with Gasteiger partial charge in [0, 0.05) is 37.8 Å². The predicted octanol–water partition coefficient (Wildman–Crippen LogP) is 2.67. The van der Waals surface area contributed by atoms with Gasteiger partial charge in [-0.15, -0.1) is 13.2 Å². The molecule has 1 aliphatic heterocycles. The molecule has 0 radical (unpaired) electrons. The summed E-state index contributed by atoms with van der Waals surface area (Å²) in [6, 6.07) is 4.60. The molecule has 3 rings (SSSR count). The van der Waals surface area contributed by atoms with E-state index in [0.29, 0.717) is 31.9 Å². The molecule has 1 aromatic carbocycles. The number of urea groups is 1. The minimum Gasteiger partial charge on any atom is -0.406 e. The summed E-state index contributed by atoms with van der Waals surface area (Å²) in [5.41, 5.74) is 0.371. The highest BCUT2D eigenvalue weighted by atomic mass is 19.4. The number of amides is 3. The fourth-order valence-corrected chi connectivity index (χ4v) is 2.66. The van der Waals surface area contributed by atoms with E-state index in [0.717, 1.165) is 25.0 Å². The molecule has 0 unspecified atom stereocenters. The molecule has 1 saturated heterocycles. The zero-order valence-electron chi connectivity index (χ0n) is 13.4. The monoisotopic (exact) mass is 357 g/mol. The van der Waals surface area contributed by atoms with Gasteiger partial charge < -0.3 is 19.9 Å². The average Bonchev–Trinajstić information content (AvgIpc) is 3.40. The smallest absolute Gasteiger partial charge is 0.406 e. The van der Waals surface area contributed by atoms with Gasteiger partial charge >= 0.3 is 12.4 Å². The fourth-order valence-electron chi connectivity index (χ4n) is 2.66. The first kappa shape index (κ1) is 17.4. The van der Waals surface area contributed by atoms with Gasteiger partial charge in [0.25, 0.3) is 0 Å². The summed E-state index contributed by atoms with van der Waals surface area (Å²) in [7, 11) is 0. The van der Waals surface area contributed by atoms with Crippen LogP contribution in [0.1, 0.15) is 12.8 Å². The van der Waals surface area contributed by atoms with Crippen LogP contribution in [0.2, 0.25) is 0 Å². The van der Waals surface area contributed by atoms with Crippen LogP contribution in [0.5, 0.6) is 5.75 Å². The number of piperazine rings is 1. The predicted molar refractivity (Wildman–Crippen MR) is 83.0 cm³/mol. The first-order valence-corrected chi connectivity index (χ1v) is 8.02. The standard InChI is InChI=1S/C16H18F3N3O3/c17-16(18,19)25-13-5-3-12(4-6-13)20-15(24)22-9-7-21(8-10-22)14(23)11-1-2-11/h3-6,11H,1-2,7-10H2,(H,20,24). The number of rotatable bonds is 3. The molecule has 0 spiro atoms. The zero-order valence-corrected chi connectivity index (χ0v) is 13.4. The number of carbonyl (C=O) groups excluding carboxylic acids is 2. The average molecular weight is 357 g/mol. The Kier molecular flexibility index (Phi) is 4.73. The van der Waals surface area contributed by atoms with Crippen LogP contribution in [-0.4, -0.2) is 54.3 Å². The van der Waals surface area contributed by atoms with Crippen LogP contribution in [0.4, 0.5) is 23.7 Å². The largest absolute Gasteiger partial charge is 0.573 e. The first-order valence-electron chi connectivity index (χ1n) is 8.02. The van der Waals surface area contributed by atoms with Gasteiger partial charge in [-0.05, 0) is 37.1 Å². The number of carbonyl (C=O) groups is 2. The van der Waals surface area contributed by atoms with E-state index in [1.54, 1.807) is 9.80 Å². The Bertz CT molecular complexity index is 636. The van der Waals surface area contributed by atoms with Crippen molar-refractivity contribution in [1.29, 1.82) is 0 Å². The van der Waals surface area contributed by atoms with Gasteiger partial charge in [0.15, 0.2) is 0 Å². The number of anilines is 1. The third-order valence-corrected chi connectivity index (χ3v) is 4.14. The van der Waals surface area contributed by atoms with Gasteiger partial charge in [0.1, 0.15) is 5.75 Å². The Morgan fingerprint density at radius 2 is 1.56 bits per heavy atom. The lowest BCUT2D eigenvalue weighted by atomic mass is 10.2. The molecule has 25 heavy (non-hydrogen) atoms. The number of benzene rings is 1. The lowest BCUT2D eigenvalue weighted by Crippen LogP contribution is -2.52. The molecule has 0 atom stereocenters. The molecule has 2 aliphatic rings. The number of ether oxygens (including phenoxy) is 1. The van der Waals surface area contributed by atoms with E-state index in [4.69, 9.17) is 0 Å². The number of alkyl halides is 3. The first-order chi connectivity index (χ1) is 11.8. The lowest BCUT2D eigenvalue weighted by molar-refractivity contribution is -0.274. The Morgan fingerprint density at radius 3 is 2.08 bits per heavy atom. The van der Waals surface area contributed by atoms with Gasteiger partial charge in [0.2, 0.25) is 5.91 Å². The molecule has 1 heterocycles. The van der Waals surface area contributed by atoms with Gasteiger partial charge in [-0.1, -0.05) is 0 Å². The highest BCUT2D eigenvalue weighted by molar-refractivity contribution is 5.89. The van der Waals surface area contributed by atoms with E-state index in [1.807, 2.05) is 0 Å². The highest BCUT2D eigenvalue weighted by Gasteiger charge is 2.35. The summed E-state index contributed by atoms with van der Waals surface area (Å²) in [6.07, 6.45) is -2.84. The molecular weight excluding hydrogens is 339 g/mol. The molecule has 2 fully saturated rings. The Morgan fingerprint density at radius 1 is 1.00 bits per heavy atom. The third kappa shape index (κ3) is 4.77. The van der Waals surface area contributed by atoms with E-state index >= 15 is 0 Å². The normalized spacial score (nSPS) is 18.0. The molecule has 0 bridgehead atoms. The summed E-state index contributed by atoms with van der Waals surface area (Å²) < 4.78 is 40.1. The van der Waals surface area contributed by atoms with Crippen LogP contribution in [0.15, 0.2) is 24.3 Å². The molecule has 136 valence electrons. The van der Waals surface area contributed by atoms with Crippen molar-refractivity contribution < 1.29 is 27.5 Å². The van der Waals surface area contributed by atoms with E-state index in [9.17, 15) is 22.8 Å². The second-order valence-electron chi connectivity index (χ2n) is 6.09. The molecule has 1 aromatic rings. The van der Waals surface area contributed by atoms with Crippen molar-refractivity contribution in [2.45, 2.75) is 19.2 Å². The molecular formula is C16H18F3N3O3. The van der Waals surface area contributed by atoms with Crippen LogP contribution >= 0.6 is 0 Å². The second-order valence-corrected chi connectivity index (χ2v) is 6.09. The van der Waals surface area contributed by atoms with Gasteiger partial charge in [-0.3, -0.25) is 4.79 Å². The van der Waals surface area contributed by atoms with Crippen molar-refractivity contribution in [1.82, 2.24) is 9.80 Å². The molecule has 9 heteroatoms. The number of nitrogens with zero attached hydrogens (tertiary/aromatic N) is 2. The lowest BCUT2D eigenvalue weighted by Gasteiger charge is -2.34. The SMILES string of the molecule is O=C(Nc1ccc(OC(F)(F)F)cc1)N1CCN(C(=O)C2CC2)CC1. The van der Waals surface area contributed by atoms with Crippen molar-refractivity contribution in [2.24, 2.45) is 5.92 Å². The van der Waals surface area contributed by atoms with Crippen LogP contribution in [0.25, 0.3) is 0 Å². The molecule has 1 aliphatic carbocycles. The molecule has 3 amide bonds. The van der Waals surface area contributed by atoms with Crippen molar-refractivity contribution in [3.63, 3.8) is 0 Å². The number of nitrogens with one attached hydrogen (secondary N) is 1. The van der Waals surface area contributed by atoms with Gasteiger partial charge in [-0.2, -0.15) is 0 Å². The zero-order chi connectivity index (χ0) is 18.0. The molecule has 1 N–H and O–H groups in total. The number of hydrogen-bond acceptors (Lipinski definition) is 3. The maximum absolute atomic E-state index is 12.2. The Hall–Kier alpha value is -2.45. The van der Waals surface area contributed by atoms with Crippen molar-refractivity contribution in [3.8, 4) is 5.75 Å². The quantitative estimate of drug-likeness (QED) is 0.905. The Labute approximate surface area is 142 Å². The fraction of sp³-hybridized carbons (Fsp3) is 0.500. The van der Waals surface area contributed by atoms with E-state index in [2.05, 4.69) is 10.1 Å². The van der Waals surface area contributed by atoms with Gasteiger partial charge in [-0.25, -0.2) is 4.79 Å². The van der Waals surface area contributed by atoms with Crippen LogP contribution in [0, 0.1) is 5.92 Å². The minimum atomic E-state index is -4.75. The van der Waals surface area contributed by atoms with Crippen LogP contribution in [-0.2, 0) is 4.79 Å². The van der Waals surface area contributed by atoms with E-state index < -0.39 is 6.36 Å². The minimum absolute atomic E-state index is 0.165. The van der Waals surface area contributed by atoms with E-state index in [1.165, 1.54) is 12.1 Å². The molecule has 1 saturated carbocycles. The Balaban J connectivity index is 1.48. The van der Waals surface area contributed by atoms with E-state index in [-0.39, 0.29) is 23.6 Å². The molecule has 6 nitrogen and oxygen atoms in total. The summed E-state index contributed by atoms with van der Waals surface area (Å²) in [5.74, 6) is -0.0178. The summed E-state index contributed by atoms with van der Waals surface area (Å²) >= 11 is 0. The number of hydrogen-bond donors (Lipinski definition) is 1. The van der Waals surface area contributed by atoms with Crippen molar-refractivity contribution >= 4 is 17.6 Å². The summed E-state index contributed by atoms with van der Waals surface area (Å²) in [4.78, 5) is 27.5. The van der Waals surface area contributed by atoms with Crippen LogP contribution in [0.3, 0.4) is 0 Å².